The van der Waals surface area contributed by atoms with Crippen molar-refractivity contribution in [2.75, 3.05) is 23.4 Å². The average Bonchev–Trinajstić information content (AvgIpc) is 2.70. The molecule has 0 radical (unpaired) electrons. The van der Waals surface area contributed by atoms with E-state index < -0.39 is 12.1 Å². The van der Waals surface area contributed by atoms with E-state index in [9.17, 15) is 14.9 Å². The number of carbonyl (C=O) groups excluding carboxylic acids is 2. The van der Waals surface area contributed by atoms with E-state index in [0.717, 1.165) is 0 Å². The third-order valence-corrected chi connectivity index (χ3v) is 4.68. The molecule has 3 N–H and O–H groups in total. The summed E-state index contributed by atoms with van der Waals surface area (Å²) in [5, 5.41) is 11.9. The van der Waals surface area contributed by atoms with Gasteiger partial charge in [0.05, 0.1) is 29.0 Å². The van der Waals surface area contributed by atoms with E-state index in [-0.39, 0.29) is 30.1 Å². The fourth-order valence-electron chi connectivity index (χ4n) is 3.18. The van der Waals surface area contributed by atoms with Gasteiger partial charge < -0.3 is 20.7 Å². The van der Waals surface area contributed by atoms with Gasteiger partial charge in [0, 0.05) is 19.1 Å². The van der Waals surface area contributed by atoms with Crippen LogP contribution in [0.2, 0.25) is 0 Å². The van der Waals surface area contributed by atoms with Crippen LogP contribution in [0.15, 0.2) is 18.2 Å². The number of nitriles is 1. The van der Waals surface area contributed by atoms with Crippen molar-refractivity contribution in [1.82, 2.24) is 0 Å². The minimum Gasteiger partial charge on any atom is -0.381 e. The third kappa shape index (κ3) is 3.61. The summed E-state index contributed by atoms with van der Waals surface area (Å²) in [7, 11) is 0. The topological polar surface area (TPSA) is 108 Å². The predicted molar refractivity (Wildman–Crippen MR) is 95.5 cm³/mol. The van der Waals surface area contributed by atoms with Crippen LogP contribution in [0, 0.1) is 17.2 Å². The number of hydrogen-bond acceptors (Lipinski definition) is 5. The second-order valence-corrected chi connectivity index (χ2v) is 6.19. The number of nitrogens with one attached hydrogen (secondary N) is 1. The molecule has 0 bridgehead atoms. The van der Waals surface area contributed by atoms with Gasteiger partial charge in [0.2, 0.25) is 11.8 Å². The number of amides is 2. The minimum atomic E-state index is -0.841. The number of hydrogen-bond donors (Lipinski definition) is 2. The van der Waals surface area contributed by atoms with Gasteiger partial charge in [0.15, 0.2) is 0 Å². The number of fused-ring (bicyclic) bond motifs is 1. The molecular formula is C17H21ClN4O3. The van der Waals surface area contributed by atoms with Crippen LogP contribution in [0.25, 0.3) is 0 Å². The normalized spacial score (nSPS) is 23.6. The lowest BCUT2D eigenvalue weighted by Crippen LogP contribution is -2.54. The first-order valence-corrected chi connectivity index (χ1v) is 8.04. The Hall–Kier alpha value is -2.14. The molecule has 1 fully saturated rings. The number of anilines is 2. The SMILES string of the molecule is C[C@H]1[C@H](N)C(=O)Nc2ccc(C#N)cc2N1C(=O)C1CCOCC1.Cl. The Morgan fingerprint density at radius 3 is 2.72 bits per heavy atom. The van der Waals surface area contributed by atoms with Crippen molar-refractivity contribution in [3.63, 3.8) is 0 Å². The van der Waals surface area contributed by atoms with Gasteiger partial charge in [0.1, 0.15) is 6.04 Å². The maximum absolute atomic E-state index is 13.1. The van der Waals surface area contributed by atoms with Crippen molar-refractivity contribution < 1.29 is 14.3 Å². The minimum absolute atomic E-state index is 0. The standard InChI is InChI=1S/C17H20N4O3.ClH/c1-10-15(19)16(22)20-13-3-2-11(9-18)8-14(13)21(10)17(23)12-4-6-24-7-5-12;/h2-3,8,10,12,15H,4-7,19H2,1H3,(H,20,22);1H/t10-,15-;/m0./s1. The van der Waals surface area contributed by atoms with Gasteiger partial charge in [-0.3, -0.25) is 9.59 Å². The zero-order valence-electron chi connectivity index (χ0n) is 13.9. The van der Waals surface area contributed by atoms with E-state index >= 15 is 0 Å². The highest BCUT2D eigenvalue weighted by atomic mass is 35.5. The molecule has 134 valence electrons. The fraction of sp³-hybridized carbons (Fsp3) is 0.471. The smallest absolute Gasteiger partial charge is 0.243 e. The summed E-state index contributed by atoms with van der Waals surface area (Å²) in [6.45, 7) is 2.86. The fourth-order valence-corrected chi connectivity index (χ4v) is 3.18. The monoisotopic (exact) mass is 364 g/mol. The maximum atomic E-state index is 13.1. The number of ether oxygens (including phenoxy) is 1. The number of carbonyl (C=O) groups is 2. The molecular weight excluding hydrogens is 344 g/mol. The molecule has 3 rings (SSSR count). The summed E-state index contributed by atoms with van der Waals surface area (Å²) >= 11 is 0. The van der Waals surface area contributed by atoms with Crippen molar-refractivity contribution in [3.05, 3.63) is 23.8 Å². The van der Waals surface area contributed by atoms with Gasteiger partial charge in [0.25, 0.3) is 0 Å². The maximum Gasteiger partial charge on any atom is 0.243 e. The molecule has 7 nitrogen and oxygen atoms in total. The molecule has 2 heterocycles. The summed E-state index contributed by atoms with van der Waals surface area (Å²) in [6.07, 6.45) is 1.29. The van der Waals surface area contributed by atoms with Crippen molar-refractivity contribution in [1.29, 1.82) is 5.26 Å². The molecule has 0 unspecified atom stereocenters. The molecule has 1 saturated heterocycles. The molecule has 0 aromatic heterocycles. The van der Waals surface area contributed by atoms with Crippen LogP contribution in [0.3, 0.4) is 0 Å². The highest BCUT2D eigenvalue weighted by Gasteiger charge is 2.38. The number of rotatable bonds is 1. The van der Waals surface area contributed by atoms with Crippen LogP contribution >= 0.6 is 12.4 Å². The third-order valence-electron chi connectivity index (χ3n) is 4.68. The van der Waals surface area contributed by atoms with Crippen molar-refractivity contribution in [3.8, 4) is 6.07 Å². The van der Waals surface area contributed by atoms with E-state index in [2.05, 4.69) is 11.4 Å². The van der Waals surface area contributed by atoms with Crippen LogP contribution in [0.4, 0.5) is 11.4 Å². The highest BCUT2D eigenvalue weighted by molar-refractivity contribution is 6.07. The Labute approximate surface area is 152 Å². The number of benzene rings is 1. The van der Waals surface area contributed by atoms with E-state index in [1.165, 1.54) is 0 Å². The van der Waals surface area contributed by atoms with Crippen LogP contribution < -0.4 is 16.0 Å². The van der Waals surface area contributed by atoms with Gasteiger partial charge in [-0.1, -0.05) is 0 Å². The molecule has 0 aliphatic carbocycles. The van der Waals surface area contributed by atoms with Gasteiger partial charge in [-0.2, -0.15) is 5.26 Å². The Morgan fingerprint density at radius 2 is 2.08 bits per heavy atom. The van der Waals surface area contributed by atoms with E-state index in [1.54, 1.807) is 30.0 Å². The van der Waals surface area contributed by atoms with Crippen molar-refractivity contribution in [2.45, 2.75) is 31.8 Å². The van der Waals surface area contributed by atoms with Gasteiger partial charge in [-0.15, -0.1) is 12.4 Å². The Balaban J connectivity index is 0.00000225. The predicted octanol–water partition coefficient (Wildman–Crippen LogP) is 1.41. The number of nitrogens with zero attached hydrogens (tertiary/aromatic N) is 2. The highest BCUT2D eigenvalue weighted by Crippen LogP contribution is 2.34. The van der Waals surface area contributed by atoms with Crippen LogP contribution in [-0.4, -0.2) is 37.1 Å². The first-order valence-electron chi connectivity index (χ1n) is 8.04. The summed E-state index contributed by atoms with van der Waals surface area (Å²) in [4.78, 5) is 26.9. The van der Waals surface area contributed by atoms with Gasteiger partial charge in [-0.05, 0) is 38.0 Å². The molecule has 25 heavy (non-hydrogen) atoms. The van der Waals surface area contributed by atoms with Crippen LogP contribution in [0.1, 0.15) is 25.3 Å². The summed E-state index contributed by atoms with van der Waals surface area (Å²) in [5.74, 6) is -0.579. The summed E-state index contributed by atoms with van der Waals surface area (Å²) < 4.78 is 5.33. The van der Waals surface area contributed by atoms with E-state index in [0.29, 0.717) is 43.0 Å². The van der Waals surface area contributed by atoms with Gasteiger partial charge >= 0.3 is 0 Å². The number of nitrogens with two attached hydrogens (primary N) is 1. The Bertz CT molecular complexity index is 712. The Morgan fingerprint density at radius 1 is 1.40 bits per heavy atom. The molecule has 8 heteroatoms. The lowest BCUT2D eigenvalue weighted by Gasteiger charge is -2.34. The second kappa shape index (κ2) is 7.83. The zero-order valence-corrected chi connectivity index (χ0v) is 14.7. The molecule has 2 aliphatic heterocycles. The first kappa shape index (κ1) is 19.2. The summed E-state index contributed by atoms with van der Waals surface area (Å²) in [6, 6.07) is 5.60. The van der Waals surface area contributed by atoms with Crippen LogP contribution in [0.5, 0.6) is 0 Å². The Kier molecular flexibility index (Phi) is 6.01. The van der Waals surface area contributed by atoms with Crippen molar-refractivity contribution >= 4 is 35.6 Å². The molecule has 2 aliphatic rings. The zero-order chi connectivity index (χ0) is 17.3. The van der Waals surface area contributed by atoms with Gasteiger partial charge in [-0.25, -0.2) is 0 Å². The average molecular weight is 365 g/mol. The van der Waals surface area contributed by atoms with E-state index in [4.69, 9.17) is 10.5 Å². The second-order valence-electron chi connectivity index (χ2n) is 6.19. The quantitative estimate of drug-likeness (QED) is 0.783. The van der Waals surface area contributed by atoms with Crippen molar-refractivity contribution in [2.24, 2.45) is 11.7 Å². The van der Waals surface area contributed by atoms with Crippen LogP contribution in [-0.2, 0) is 14.3 Å². The summed E-state index contributed by atoms with van der Waals surface area (Å²) in [5.41, 5.74) is 7.49. The largest absolute Gasteiger partial charge is 0.381 e. The molecule has 2 atom stereocenters. The number of halogens is 1. The molecule has 1 aromatic rings. The molecule has 2 amide bonds. The lowest BCUT2D eigenvalue weighted by molar-refractivity contribution is -0.125. The molecule has 1 aromatic carbocycles. The lowest BCUT2D eigenvalue weighted by atomic mass is 9.96. The molecule has 0 spiro atoms. The first-order chi connectivity index (χ1) is 11.5. The molecule has 0 saturated carbocycles. The van der Waals surface area contributed by atoms with E-state index in [1.807, 2.05) is 0 Å².